The molecule has 0 fully saturated rings. The van der Waals surface area contributed by atoms with Crippen molar-refractivity contribution in [1.82, 2.24) is 0 Å². The maximum absolute atomic E-state index is 14.6. The number of fused-ring (bicyclic) bond motifs is 2. The van der Waals surface area contributed by atoms with Crippen LogP contribution in [0.3, 0.4) is 0 Å². The fourth-order valence-electron chi connectivity index (χ4n) is 6.41. The molecule has 1 heterocycles. The molecule has 1 aliphatic heterocycles. The molecule has 0 amide bonds. The molecule has 0 aliphatic carbocycles. The topological polar surface area (TPSA) is 35.5 Å². The number of unbranched alkanes of at least 4 members (excludes halogenated alkanes) is 3. The van der Waals surface area contributed by atoms with Crippen LogP contribution < -0.4 is 13.1 Å². The molecule has 5 rings (SSSR count). The monoisotopic (exact) mass is 642 g/mol. The SMILES string of the molecule is CCC[CH2][Sn]([CH2]CCC)([CH2]CCC)[c]1cc2cc3c(cc2c(C(=O)c2ccccc2)c1-c1ccccc1)OCO3. The second kappa shape index (κ2) is 13.2. The van der Waals surface area contributed by atoms with Crippen LogP contribution in [0.1, 0.15) is 75.2 Å². The summed E-state index contributed by atoms with van der Waals surface area (Å²) < 4.78 is 17.2. The molecule has 208 valence electrons. The van der Waals surface area contributed by atoms with Crippen LogP contribution in [0, 0.1) is 0 Å². The summed E-state index contributed by atoms with van der Waals surface area (Å²) in [7, 11) is 0. The summed E-state index contributed by atoms with van der Waals surface area (Å²) in [6.45, 7) is 7.18. The van der Waals surface area contributed by atoms with Gasteiger partial charge in [0.05, 0.1) is 0 Å². The van der Waals surface area contributed by atoms with Crippen LogP contribution in [0.25, 0.3) is 21.9 Å². The molecule has 0 spiro atoms. The Kier molecular flexibility index (Phi) is 9.51. The van der Waals surface area contributed by atoms with E-state index in [0.29, 0.717) is 0 Å². The first kappa shape index (κ1) is 28.7. The van der Waals surface area contributed by atoms with Crippen molar-refractivity contribution in [3.8, 4) is 22.6 Å². The van der Waals surface area contributed by atoms with Gasteiger partial charge in [0.15, 0.2) is 0 Å². The molecular formula is C36H42O3Sn. The van der Waals surface area contributed by atoms with Gasteiger partial charge in [-0.15, -0.1) is 0 Å². The molecule has 0 aromatic heterocycles. The van der Waals surface area contributed by atoms with Crippen molar-refractivity contribution in [3.05, 3.63) is 90.0 Å². The van der Waals surface area contributed by atoms with Crippen LogP contribution >= 0.6 is 0 Å². The van der Waals surface area contributed by atoms with E-state index in [9.17, 15) is 4.79 Å². The van der Waals surface area contributed by atoms with Crippen LogP contribution in [-0.4, -0.2) is 31.0 Å². The van der Waals surface area contributed by atoms with Gasteiger partial charge in [-0.1, -0.05) is 0 Å². The molecule has 4 aromatic carbocycles. The van der Waals surface area contributed by atoms with Crippen LogP contribution in [0.5, 0.6) is 11.5 Å². The van der Waals surface area contributed by atoms with Gasteiger partial charge < -0.3 is 0 Å². The van der Waals surface area contributed by atoms with E-state index in [0.717, 1.165) is 39.0 Å². The normalized spacial score (nSPS) is 12.7. The van der Waals surface area contributed by atoms with Gasteiger partial charge >= 0.3 is 245 Å². The quantitative estimate of drug-likeness (QED) is 0.108. The van der Waals surface area contributed by atoms with E-state index in [1.54, 1.807) is 0 Å². The van der Waals surface area contributed by atoms with Crippen molar-refractivity contribution in [2.24, 2.45) is 0 Å². The third kappa shape index (κ3) is 5.81. The molecule has 0 radical (unpaired) electrons. The Hall–Kier alpha value is -2.79. The first-order valence-electron chi connectivity index (χ1n) is 15.2. The van der Waals surface area contributed by atoms with E-state index in [2.05, 4.69) is 63.2 Å². The Balaban J connectivity index is 1.91. The van der Waals surface area contributed by atoms with E-state index >= 15 is 0 Å². The molecule has 3 nitrogen and oxygen atoms in total. The van der Waals surface area contributed by atoms with Gasteiger partial charge in [-0.3, -0.25) is 0 Å². The minimum absolute atomic E-state index is 0.0897. The van der Waals surface area contributed by atoms with Crippen molar-refractivity contribution in [1.29, 1.82) is 0 Å². The summed E-state index contributed by atoms with van der Waals surface area (Å²) in [5, 5.41) is 2.06. The van der Waals surface area contributed by atoms with Gasteiger partial charge in [0, 0.05) is 0 Å². The summed E-state index contributed by atoms with van der Waals surface area (Å²) in [6.07, 6.45) is 7.41. The second-order valence-corrected chi connectivity index (χ2v) is 24.4. The van der Waals surface area contributed by atoms with E-state index < -0.39 is 18.4 Å². The number of hydrogen-bond acceptors (Lipinski definition) is 3. The molecule has 0 N–H and O–H groups in total. The fraction of sp³-hybridized carbons (Fsp3) is 0.361. The van der Waals surface area contributed by atoms with Gasteiger partial charge in [-0.05, 0) is 0 Å². The summed E-state index contributed by atoms with van der Waals surface area (Å²) in [5.74, 6) is 1.59. The van der Waals surface area contributed by atoms with Crippen LogP contribution in [0.2, 0.25) is 13.3 Å². The van der Waals surface area contributed by atoms with Gasteiger partial charge in [0.25, 0.3) is 0 Å². The molecule has 0 atom stereocenters. The fourth-order valence-corrected chi connectivity index (χ4v) is 23.3. The van der Waals surface area contributed by atoms with Gasteiger partial charge in [0.2, 0.25) is 0 Å². The van der Waals surface area contributed by atoms with Crippen molar-refractivity contribution >= 4 is 38.5 Å². The number of ether oxygens (including phenoxy) is 2. The molecule has 0 unspecified atom stereocenters. The Labute approximate surface area is 243 Å². The number of benzene rings is 4. The average molecular weight is 641 g/mol. The Morgan fingerprint density at radius 1 is 0.725 bits per heavy atom. The van der Waals surface area contributed by atoms with Crippen molar-refractivity contribution in [3.63, 3.8) is 0 Å². The average Bonchev–Trinajstić information content (AvgIpc) is 3.47. The molecule has 1 aliphatic rings. The standard InChI is InChI=1S/C24H15O3.3C4H9.Sn/c25-24(17-9-5-2-6-10-17)23-19(16-7-3-1-4-8-16)12-11-18-13-21-22(14-20(18)23)27-15-26-21;3*1-3-4-2;/h1-11,13-14H,15H2;3*1,3-4H2,2H3;. The molecule has 4 heteroatoms. The molecule has 4 aromatic rings. The molecule has 40 heavy (non-hydrogen) atoms. The third-order valence-corrected chi connectivity index (χ3v) is 24.2. The zero-order chi connectivity index (χ0) is 28.0. The summed E-state index contributed by atoms with van der Waals surface area (Å²) in [6, 6.07) is 27.2. The number of rotatable bonds is 13. The minimum atomic E-state index is -3.03. The van der Waals surface area contributed by atoms with Gasteiger partial charge in [0.1, 0.15) is 0 Å². The van der Waals surface area contributed by atoms with E-state index in [1.165, 1.54) is 61.0 Å². The predicted molar refractivity (Wildman–Crippen MR) is 170 cm³/mol. The van der Waals surface area contributed by atoms with Crippen LogP contribution in [0.4, 0.5) is 0 Å². The second-order valence-electron chi connectivity index (χ2n) is 11.3. The van der Waals surface area contributed by atoms with Crippen LogP contribution in [0.15, 0.2) is 78.9 Å². The predicted octanol–water partition coefficient (Wildman–Crippen LogP) is 9.52. The molecule has 0 bridgehead atoms. The van der Waals surface area contributed by atoms with Crippen molar-refractivity contribution < 1.29 is 14.3 Å². The van der Waals surface area contributed by atoms with Crippen molar-refractivity contribution in [2.45, 2.75) is 72.6 Å². The Morgan fingerprint density at radius 2 is 1.27 bits per heavy atom. The van der Waals surface area contributed by atoms with Gasteiger partial charge in [-0.25, -0.2) is 0 Å². The zero-order valence-corrected chi connectivity index (χ0v) is 27.2. The number of carbonyl (C=O) groups is 1. The van der Waals surface area contributed by atoms with E-state index in [-0.39, 0.29) is 12.6 Å². The Morgan fingerprint density at radius 3 is 1.85 bits per heavy atom. The first-order valence-corrected chi connectivity index (χ1v) is 22.7. The molecule has 0 saturated carbocycles. The van der Waals surface area contributed by atoms with E-state index in [1.807, 2.05) is 36.4 Å². The first-order chi connectivity index (χ1) is 19.6. The molecular weight excluding hydrogens is 599 g/mol. The third-order valence-electron chi connectivity index (χ3n) is 8.56. The summed E-state index contributed by atoms with van der Waals surface area (Å²) >= 11 is -3.03. The maximum atomic E-state index is 14.6. The van der Waals surface area contributed by atoms with Crippen LogP contribution in [-0.2, 0) is 0 Å². The van der Waals surface area contributed by atoms with Crippen molar-refractivity contribution in [2.75, 3.05) is 6.79 Å². The number of ketones is 1. The van der Waals surface area contributed by atoms with E-state index in [4.69, 9.17) is 9.47 Å². The summed E-state index contributed by atoms with van der Waals surface area (Å²) in [5.41, 5.74) is 3.89. The zero-order valence-electron chi connectivity index (χ0n) is 24.3. The number of carbonyl (C=O) groups excluding carboxylic acids is 1. The summed E-state index contributed by atoms with van der Waals surface area (Å²) in [4.78, 5) is 14.6. The van der Waals surface area contributed by atoms with Gasteiger partial charge in [-0.2, -0.15) is 0 Å². The Bertz CT molecular complexity index is 1420. The number of hydrogen-bond donors (Lipinski definition) is 0. The molecule has 0 saturated heterocycles.